The molecule has 20 heavy (non-hydrogen) atoms. The zero-order valence-corrected chi connectivity index (χ0v) is 11.1. The summed E-state index contributed by atoms with van der Waals surface area (Å²) < 4.78 is 15.9. The second-order valence-electron chi connectivity index (χ2n) is 4.37. The summed E-state index contributed by atoms with van der Waals surface area (Å²) >= 11 is 0. The van der Waals surface area contributed by atoms with Gasteiger partial charge in [0.15, 0.2) is 17.3 Å². The average molecular weight is 278 g/mol. The minimum absolute atomic E-state index is 0.150. The number of tetrazole rings is 1. The molecule has 0 spiro atoms. The number of ether oxygens (including phenoxy) is 3. The van der Waals surface area contributed by atoms with Crippen LogP contribution in [-0.2, 0) is 13.5 Å². The van der Waals surface area contributed by atoms with E-state index in [1.807, 2.05) is 0 Å². The molecule has 0 aliphatic carbocycles. The molecule has 2 aromatic rings. The van der Waals surface area contributed by atoms with Gasteiger partial charge in [-0.3, -0.25) is 0 Å². The molecular weight excluding hydrogens is 264 g/mol. The molecular formula is C12H14N4O4. The number of aryl methyl sites for hydroxylation is 1. The normalized spacial score (nSPS) is 14.3. The van der Waals surface area contributed by atoms with Crippen LogP contribution < -0.4 is 14.2 Å². The summed E-state index contributed by atoms with van der Waals surface area (Å²) in [5.41, 5.74) is 0.651. The van der Waals surface area contributed by atoms with Crippen LogP contribution >= 0.6 is 0 Å². The van der Waals surface area contributed by atoms with Crippen LogP contribution in [0.15, 0.2) is 12.1 Å². The van der Waals surface area contributed by atoms with E-state index in [-0.39, 0.29) is 13.2 Å². The highest BCUT2D eigenvalue weighted by Crippen LogP contribution is 2.43. The summed E-state index contributed by atoms with van der Waals surface area (Å²) in [7, 11) is 3.21. The van der Waals surface area contributed by atoms with Crippen molar-refractivity contribution in [2.75, 3.05) is 13.9 Å². The van der Waals surface area contributed by atoms with Gasteiger partial charge in [0.1, 0.15) is 0 Å². The fourth-order valence-electron chi connectivity index (χ4n) is 2.04. The molecule has 1 aromatic carbocycles. The van der Waals surface area contributed by atoms with Gasteiger partial charge in [-0.1, -0.05) is 0 Å². The average Bonchev–Trinajstić information content (AvgIpc) is 3.06. The lowest BCUT2D eigenvalue weighted by Gasteiger charge is -2.12. The highest BCUT2D eigenvalue weighted by molar-refractivity contribution is 5.55. The first-order valence-corrected chi connectivity index (χ1v) is 6.06. The van der Waals surface area contributed by atoms with Crippen molar-refractivity contribution in [1.29, 1.82) is 0 Å². The molecule has 8 nitrogen and oxygen atoms in total. The predicted octanol–water partition coefficient (Wildman–Crippen LogP) is 0.223. The van der Waals surface area contributed by atoms with Crippen LogP contribution in [0.4, 0.5) is 0 Å². The van der Waals surface area contributed by atoms with E-state index in [4.69, 9.17) is 14.2 Å². The van der Waals surface area contributed by atoms with E-state index < -0.39 is 6.10 Å². The lowest BCUT2D eigenvalue weighted by atomic mass is 10.1. The third-order valence-electron chi connectivity index (χ3n) is 2.99. The van der Waals surface area contributed by atoms with E-state index in [1.165, 1.54) is 11.9 Å². The summed E-state index contributed by atoms with van der Waals surface area (Å²) in [4.78, 5) is 1.35. The molecule has 0 bridgehead atoms. The monoisotopic (exact) mass is 278 g/mol. The van der Waals surface area contributed by atoms with E-state index >= 15 is 0 Å². The molecule has 1 unspecified atom stereocenters. The quantitative estimate of drug-likeness (QED) is 0.855. The number of benzene rings is 1. The molecule has 1 aliphatic rings. The van der Waals surface area contributed by atoms with E-state index in [0.29, 0.717) is 28.6 Å². The molecule has 1 N–H and O–H groups in total. The molecule has 2 heterocycles. The zero-order valence-electron chi connectivity index (χ0n) is 11.1. The van der Waals surface area contributed by atoms with Crippen molar-refractivity contribution in [3.8, 4) is 17.2 Å². The maximum atomic E-state index is 10.3. The van der Waals surface area contributed by atoms with Crippen molar-refractivity contribution in [2.45, 2.75) is 12.5 Å². The Kier molecular flexibility index (Phi) is 3.15. The summed E-state index contributed by atoms with van der Waals surface area (Å²) in [6.45, 7) is 0.150. The number of fused-ring (bicyclic) bond motifs is 1. The molecule has 106 valence electrons. The van der Waals surface area contributed by atoms with E-state index in [2.05, 4.69) is 15.4 Å². The Morgan fingerprint density at radius 2 is 2.30 bits per heavy atom. The van der Waals surface area contributed by atoms with Crippen molar-refractivity contribution in [2.24, 2.45) is 7.05 Å². The van der Waals surface area contributed by atoms with Gasteiger partial charge in [0, 0.05) is 6.42 Å². The molecule has 8 heteroatoms. The van der Waals surface area contributed by atoms with Crippen LogP contribution in [0.25, 0.3) is 0 Å². The maximum Gasteiger partial charge on any atom is 0.231 e. The predicted molar refractivity (Wildman–Crippen MR) is 66.6 cm³/mol. The van der Waals surface area contributed by atoms with Gasteiger partial charge < -0.3 is 19.3 Å². The molecule has 1 aliphatic heterocycles. The van der Waals surface area contributed by atoms with E-state index in [0.717, 1.165) is 0 Å². The number of aliphatic hydroxyl groups excluding tert-OH is 1. The Morgan fingerprint density at radius 1 is 1.45 bits per heavy atom. The summed E-state index contributed by atoms with van der Waals surface area (Å²) in [5, 5.41) is 21.9. The van der Waals surface area contributed by atoms with Crippen molar-refractivity contribution in [1.82, 2.24) is 20.2 Å². The van der Waals surface area contributed by atoms with Gasteiger partial charge in [0.25, 0.3) is 0 Å². The van der Waals surface area contributed by atoms with E-state index in [9.17, 15) is 5.11 Å². The first kappa shape index (κ1) is 12.7. The standard InChI is InChI=1S/C12H14N4O4/c1-16-14-11(13-15-16)5-8(17)7-3-9(18-2)12-10(4-7)19-6-20-12/h3-4,8,17H,5-6H2,1-2H3. The largest absolute Gasteiger partial charge is 0.493 e. The zero-order chi connectivity index (χ0) is 14.1. The molecule has 0 fully saturated rings. The van der Waals surface area contributed by atoms with Gasteiger partial charge in [0.05, 0.1) is 20.3 Å². The highest BCUT2D eigenvalue weighted by atomic mass is 16.7. The van der Waals surface area contributed by atoms with Gasteiger partial charge in [0.2, 0.25) is 12.5 Å². The molecule has 3 rings (SSSR count). The Bertz CT molecular complexity index is 628. The number of hydrogen-bond donors (Lipinski definition) is 1. The topological polar surface area (TPSA) is 91.5 Å². The number of nitrogens with zero attached hydrogens (tertiary/aromatic N) is 4. The first-order valence-electron chi connectivity index (χ1n) is 6.06. The highest BCUT2D eigenvalue weighted by Gasteiger charge is 2.23. The van der Waals surface area contributed by atoms with Crippen LogP contribution in [-0.4, -0.2) is 39.2 Å². The first-order chi connectivity index (χ1) is 9.67. The van der Waals surface area contributed by atoms with Crippen LogP contribution in [0.2, 0.25) is 0 Å². The molecule has 0 saturated heterocycles. The molecule has 0 radical (unpaired) electrons. The second kappa shape index (κ2) is 4.97. The number of methoxy groups -OCH3 is 1. The second-order valence-corrected chi connectivity index (χ2v) is 4.37. The minimum Gasteiger partial charge on any atom is -0.493 e. The van der Waals surface area contributed by atoms with E-state index in [1.54, 1.807) is 19.2 Å². The van der Waals surface area contributed by atoms with Crippen molar-refractivity contribution < 1.29 is 19.3 Å². The van der Waals surface area contributed by atoms with Crippen molar-refractivity contribution >= 4 is 0 Å². The van der Waals surface area contributed by atoms with Crippen LogP contribution in [0.1, 0.15) is 17.5 Å². The maximum absolute atomic E-state index is 10.3. The van der Waals surface area contributed by atoms with Crippen LogP contribution in [0.5, 0.6) is 17.2 Å². The van der Waals surface area contributed by atoms with Gasteiger partial charge >= 0.3 is 0 Å². The van der Waals surface area contributed by atoms with Gasteiger partial charge in [-0.2, -0.15) is 4.80 Å². The summed E-state index contributed by atoms with van der Waals surface area (Å²) in [6, 6.07) is 3.44. The van der Waals surface area contributed by atoms with Crippen molar-refractivity contribution in [3.63, 3.8) is 0 Å². The molecule has 1 aromatic heterocycles. The number of hydrogen-bond acceptors (Lipinski definition) is 7. The van der Waals surface area contributed by atoms with Gasteiger partial charge in [-0.15, -0.1) is 10.2 Å². The lowest BCUT2D eigenvalue weighted by Crippen LogP contribution is -2.04. The van der Waals surface area contributed by atoms with Crippen molar-refractivity contribution in [3.05, 3.63) is 23.5 Å². The Labute approximate surface area is 114 Å². The lowest BCUT2D eigenvalue weighted by molar-refractivity contribution is 0.169. The summed E-state index contributed by atoms with van der Waals surface area (Å²) in [6.07, 6.45) is -0.515. The fraction of sp³-hybridized carbons (Fsp3) is 0.417. The molecule has 0 amide bonds. The van der Waals surface area contributed by atoms with Gasteiger partial charge in [-0.05, 0) is 22.9 Å². The Hall–Kier alpha value is -2.35. The van der Waals surface area contributed by atoms with Crippen LogP contribution in [0.3, 0.4) is 0 Å². The Morgan fingerprint density at radius 3 is 3.00 bits per heavy atom. The third-order valence-corrected chi connectivity index (χ3v) is 2.99. The SMILES string of the molecule is COc1cc(C(O)Cc2nnn(C)n2)cc2c1OCO2. The number of aliphatic hydroxyl groups is 1. The van der Waals surface area contributed by atoms with Crippen LogP contribution in [0, 0.1) is 0 Å². The third kappa shape index (κ3) is 2.25. The minimum atomic E-state index is -0.775. The number of aromatic nitrogens is 4. The smallest absolute Gasteiger partial charge is 0.231 e. The molecule has 1 atom stereocenters. The van der Waals surface area contributed by atoms with Gasteiger partial charge in [-0.25, -0.2) is 0 Å². The number of rotatable bonds is 4. The molecule has 0 saturated carbocycles. The summed E-state index contributed by atoms with van der Waals surface area (Å²) in [5.74, 6) is 2.12. The fourth-order valence-corrected chi connectivity index (χ4v) is 2.04. The Balaban J connectivity index is 1.86.